The fourth-order valence-electron chi connectivity index (χ4n) is 3.30. The lowest BCUT2D eigenvalue weighted by atomic mass is 9.96. The molecule has 1 amide bonds. The maximum atomic E-state index is 12.8. The topological polar surface area (TPSA) is 84.2 Å². The van der Waals surface area contributed by atoms with Gasteiger partial charge in [-0.3, -0.25) is 4.79 Å². The van der Waals surface area contributed by atoms with E-state index in [9.17, 15) is 4.79 Å². The van der Waals surface area contributed by atoms with E-state index in [0.717, 1.165) is 48.5 Å². The summed E-state index contributed by atoms with van der Waals surface area (Å²) in [5.41, 5.74) is 2.46. The Morgan fingerprint density at radius 3 is 3.09 bits per heavy atom. The number of carbonyl (C=O) groups excluding carboxylic acids is 1. The fourth-order valence-corrected chi connectivity index (χ4v) is 3.30. The lowest BCUT2D eigenvalue weighted by Gasteiger charge is -2.31. The molecule has 0 unspecified atom stereocenters. The van der Waals surface area contributed by atoms with Crippen LogP contribution in [0, 0.1) is 6.92 Å². The molecule has 4 rings (SSSR count). The van der Waals surface area contributed by atoms with Crippen molar-refractivity contribution in [3.05, 3.63) is 34.7 Å². The molecule has 122 valence electrons. The number of aromatic nitrogens is 3. The summed E-state index contributed by atoms with van der Waals surface area (Å²) in [6, 6.07) is 0. The summed E-state index contributed by atoms with van der Waals surface area (Å²) in [4.78, 5) is 22.1. The third-order valence-corrected chi connectivity index (χ3v) is 4.53. The summed E-state index contributed by atoms with van der Waals surface area (Å²) in [5.74, 6) is 1.58. The highest BCUT2D eigenvalue weighted by Gasteiger charge is 2.32. The molecule has 2 aromatic rings. The molecule has 0 aromatic carbocycles. The zero-order valence-electron chi connectivity index (χ0n) is 13.2. The highest BCUT2D eigenvalue weighted by atomic mass is 16.5. The van der Waals surface area contributed by atoms with Gasteiger partial charge in [-0.25, -0.2) is 4.98 Å². The number of hydrogen-bond donors (Lipinski definition) is 1. The smallest absolute Gasteiger partial charge is 0.276 e. The van der Waals surface area contributed by atoms with Crippen LogP contribution in [0.3, 0.4) is 0 Å². The Balaban J connectivity index is 1.53. The van der Waals surface area contributed by atoms with Gasteiger partial charge >= 0.3 is 0 Å². The third-order valence-electron chi connectivity index (χ3n) is 4.53. The van der Waals surface area contributed by atoms with Gasteiger partial charge in [0.1, 0.15) is 17.7 Å². The number of carbonyl (C=O) groups is 1. The van der Waals surface area contributed by atoms with Gasteiger partial charge in [-0.15, -0.1) is 0 Å². The van der Waals surface area contributed by atoms with Crippen molar-refractivity contribution in [1.29, 1.82) is 0 Å². The number of nitrogens with zero attached hydrogens (tertiary/aromatic N) is 3. The van der Waals surface area contributed by atoms with Gasteiger partial charge in [0.15, 0.2) is 5.69 Å². The highest BCUT2D eigenvalue weighted by molar-refractivity contribution is 5.94. The van der Waals surface area contributed by atoms with E-state index in [1.54, 1.807) is 11.1 Å². The molecule has 1 fully saturated rings. The van der Waals surface area contributed by atoms with Gasteiger partial charge in [0.2, 0.25) is 0 Å². The van der Waals surface area contributed by atoms with Crippen LogP contribution in [0.4, 0.5) is 0 Å². The molecule has 0 spiro atoms. The highest BCUT2D eigenvalue weighted by Crippen LogP contribution is 2.27. The van der Waals surface area contributed by atoms with Gasteiger partial charge < -0.3 is 19.1 Å². The second-order valence-corrected chi connectivity index (χ2v) is 6.20. The second kappa shape index (κ2) is 5.81. The van der Waals surface area contributed by atoms with Crippen LogP contribution < -0.4 is 0 Å². The van der Waals surface area contributed by atoms with Gasteiger partial charge in [0.25, 0.3) is 5.91 Å². The first-order valence-corrected chi connectivity index (χ1v) is 8.12. The molecule has 0 radical (unpaired) electrons. The number of rotatable bonds is 2. The number of aryl methyl sites for hydroxylation is 2. The molecule has 3 heterocycles. The van der Waals surface area contributed by atoms with Crippen LogP contribution in [0.15, 0.2) is 10.7 Å². The van der Waals surface area contributed by atoms with E-state index in [2.05, 4.69) is 15.1 Å². The summed E-state index contributed by atoms with van der Waals surface area (Å²) in [6.45, 7) is 3.49. The minimum atomic E-state index is -0.218. The van der Waals surface area contributed by atoms with Crippen molar-refractivity contribution in [3.63, 3.8) is 0 Å². The molecule has 1 aliphatic carbocycles. The number of morpholine rings is 1. The van der Waals surface area contributed by atoms with E-state index in [1.165, 1.54) is 0 Å². The van der Waals surface area contributed by atoms with Crippen molar-refractivity contribution in [2.75, 3.05) is 19.7 Å². The number of amides is 1. The van der Waals surface area contributed by atoms with Crippen molar-refractivity contribution in [2.45, 2.75) is 38.7 Å². The van der Waals surface area contributed by atoms with Gasteiger partial charge in [-0.1, -0.05) is 5.16 Å². The average molecular weight is 316 g/mol. The molecule has 1 saturated heterocycles. The predicted octanol–water partition coefficient (Wildman–Crippen LogP) is 1.80. The predicted molar refractivity (Wildman–Crippen MR) is 81.1 cm³/mol. The van der Waals surface area contributed by atoms with Crippen LogP contribution >= 0.6 is 0 Å². The average Bonchev–Trinajstić information content (AvgIpc) is 3.20. The largest absolute Gasteiger partial charge is 0.367 e. The maximum Gasteiger partial charge on any atom is 0.276 e. The summed E-state index contributed by atoms with van der Waals surface area (Å²) >= 11 is 0. The summed E-state index contributed by atoms with van der Waals surface area (Å²) in [6.07, 6.45) is 5.51. The standard InChI is InChI=1S/C16H20N4O3/c1-10-8-17-15(18-10)13-9-20(6-7-22-13)16(21)14-11-4-2-3-5-12(11)23-19-14/h8,13H,2-7,9H2,1H3,(H,17,18)/t13-/m0/s1. The van der Waals surface area contributed by atoms with Crippen molar-refractivity contribution >= 4 is 5.91 Å². The minimum absolute atomic E-state index is 0.0616. The van der Waals surface area contributed by atoms with Gasteiger partial charge in [0.05, 0.1) is 13.2 Å². The normalized spacial score (nSPS) is 21.3. The molecular weight excluding hydrogens is 296 g/mol. The molecule has 0 bridgehead atoms. The monoisotopic (exact) mass is 316 g/mol. The Bertz CT molecular complexity index is 721. The fraction of sp³-hybridized carbons (Fsp3) is 0.562. The molecule has 2 aliphatic rings. The lowest BCUT2D eigenvalue weighted by Crippen LogP contribution is -2.43. The van der Waals surface area contributed by atoms with E-state index in [0.29, 0.717) is 25.4 Å². The van der Waals surface area contributed by atoms with Crippen LogP contribution in [0.25, 0.3) is 0 Å². The Morgan fingerprint density at radius 2 is 2.26 bits per heavy atom. The summed E-state index contributed by atoms with van der Waals surface area (Å²) in [7, 11) is 0. The van der Waals surface area contributed by atoms with Crippen molar-refractivity contribution < 1.29 is 14.1 Å². The Hall–Kier alpha value is -2.15. The van der Waals surface area contributed by atoms with Crippen LogP contribution in [0.5, 0.6) is 0 Å². The number of H-pyrrole nitrogens is 1. The first-order valence-electron chi connectivity index (χ1n) is 8.12. The molecule has 23 heavy (non-hydrogen) atoms. The Kier molecular flexibility index (Phi) is 3.65. The first-order chi connectivity index (χ1) is 11.2. The quantitative estimate of drug-likeness (QED) is 0.913. The van der Waals surface area contributed by atoms with E-state index in [4.69, 9.17) is 9.26 Å². The van der Waals surface area contributed by atoms with E-state index in [1.807, 2.05) is 6.92 Å². The zero-order chi connectivity index (χ0) is 15.8. The van der Waals surface area contributed by atoms with Crippen molar-refractivity contribution in [2.24, 2.45) is 0 Å². The van der Waals surface area contributed by atoms with Gasteiger partial charge in [-0.05, 0) is 26.2 Å². The van der Waals surface area contributed by atoms with E-state index < -0.39 is 0 Å². The molecule has 2 aromatic heterocycles. The number of aromatic amines is 1. The Labute approximate surface area is 134 Å². The third kappa shape index (κ3) is 2.65. The van der Waals surface area contributed by atoms with Crippen molar-refractivity contribution in [3.8, 4) is 0 Å². The number of nitrogens with one attached hydrogen (secondary N) is 1. The van der Waals surface area contributed by atoms with Crippen LogP contribution in [0.2, 0.25) is 0 Å². The number of hydrogen-bond acceptors (Lipinski definition) is 5. The van der Waals surface area contributed by atoms with E-state index in [-0.39, 0.29) is 12.0 Å². The first kappa shape index (κ1) is 14.4. The van der Waals surface area contributed by atoms with Crippen molar-refractivity contribution in [1.82, 2.24) is 20.0 Å². The molecule has 1 aliphatic heterocycles. The van der Waals surface area contributed by atoms with Crippen LogP contribution in [-0.2, 0) is 17.6 Å². The van der Waals surface area contributed by atoms with Crippen LogP contribution in [0.1, 0.15) is 52.3 Å². The summed E-state index contributed by atoms with van der Waals surface area (Å²) < 4.78 is 11.1. The molecule has 1 atom stereocenters. The molecular formula is C16H20N4O3. The SMILES string of the molecule is Cc1cnc([C@@H]2CN(C(=O)c3noc4c3CCCC4)CCO2)[nH]1. The number of imidazole rings is 1. The summed E-state index contributed by atoms with van der Waals surface area (Å²) in [5, 5.41) is 4.04. The Morgan fingerprint density at radius 1 is 1.39 bits per heavy atom. The van der Waals surface area contributed by atoms with Crippen LogP contribution in [-0.4, -0.2) is 45.6 Å². The number of ether oxygens (including phenoxy) is 1. The van der Waals surface area contributed by atoms with Gasteiger partial charge in [-0.2, -0.15) is 0 Å². The molecule has 7 nitrogen and oxygen atoms in total. The lowest BCUT2D eigenvalue weighted by molar-refractivity contribution is -0.0268. The molecule has 0 saturated carbocycles. The molecule has 1 N–H and O–H groups in total. The maximum absolute atomic E-state index is 12.8. The second-order valence-electron chi connectivity index (χ2n) is 6.20. The van der Waals surface area contributed by atoms with E-state index >= 15 is 0 Å². The molecule has 7 heteroatoms. The minimum Gasteiger partial charge on any atom is -0.367 e. The zero-order valence-corrected chi connectivity index (χ0v) is 13.2. The van der Waals surface area contributed by atoms with Gasteiger partial charge in [0, 0.05) is 30.4 Å². The number of fused-ring (bicyclic) bond motifs is 1.